The van der Waals surface area contributed by atoms with E-state index >= 15 is 0 Å². The van der Waals surface area contributed by atoms with E-state index in [0.717, 1.165) is 50.5 Å². The summed E-state index contributed by atoms with van der Waals surface area (Å²) in [6.07, 6.45) is 3.36. The second-order valence-corrected chi connectivity index (χ2v) is 6.05. The van der Waals surface area contributed by atoms with E-state index in [1.807, 2.05) is 17.9 Å². The third-order valence-corrected chi connectivity index (χ3v) is 4.61. The lowest BCUT2D eigenvalue weighted by Gasteiger charge is -2.37. The van der Waals surface area contributed by atoms with Crippen LogP contribution in [0.3, 0.4) is 0 Å². The Morgan fingerprint density at radius 3 is 2.57 bits per heavy atom. The molecule has 124 valence electrons. The van der Waals surface area contributed by atoms with E-state index in [-0.39, 0.29) is 5.92 Å². The number of amides is 1. The summed E-state index contributed by atoms with van der Waals surface area (Å²) in [6.45, 7) is 9.27. The van der Waals surface area contributed by atoms with Crippen molar-refractivity contribution in [2.24, 2.45) is 5.92 Å². The molecule has 0 aromatic carbocycles. The molecule has 1 amide bonds. The zero-order valence-electron chi connectivity index (χ0n) is 14.1. The summed E-state index contributed by atoms with van der Waals surface area (Å²) in [4.78, 5) is 25.3. The summed E-state index contributed by atoms with van der Waals surface area (Å²) in [5.74, 6) is 2.08. The third-order valence-electron chi connectivity index (χ3n) is 4.61. The van der Waals surface area contributed by atoms with Gasteiger partial charge in [-0.05, 0) is 19.8 Å². The van der Waals surface area contributed by atoms with Gasteiger partial charge in [-0.25, -0.2) is 4.98 Å². The first-order valence-corrected chi connectivity index (χ1v) is 8.35. The van der Waals surface area contributed by atoms with Crippen molar-refractivity contribution in [2.45, 2.75) is 33.6 Å². The van der Waals surface area contributed by atoms with Crippen molar-refractivity contribution < 1.29 is 4.79 Å². The standard InChI is InChI=1S/C16H24N6O/c1-4-13(5-2)15(23)21-8-6-20(7-9-21)14-10-12(3)19-16-17-11-18-22(14)16/h10-11,13H,4-9H2,1-3H3. The largest absolute Gasteiger partial charge is 0.353 e. The number of aryl methyl sites for hydroxylation is 1. The molecule has 0 atom stereocenters. The van der Waals surface area contributed by atoms with Crippen LogP contribution in [0.15, 0.2) is 12.4 Å². The molecule has 3 heterocycles. The minimum absolute atomic E-state index is 0.159. The molecule has 0 aliphatic carbocycles. The average molecular weight is 316 g/mol. The third kappa shape index (κ3) is 3.00. The minimum Gasteiger partial charge on any atom is -0.353 e. The number of fused-ring (bicyclic) bond motifs is 1. The fraction of sp³-hybridized carbons (Fsp3) is 0.625. The molecule has 1 fully saturated rings. The summed E-state index contributed by atoms with van der Waals surface area (Å²) in [5, 5.41) is 4.26. The van der Waals surface area contributed by atoms with Crippen LogP contribution in [0.4, 0.5) is 5.82 Å². The van der Waals surface area contributed by atoms with Gasteiger partial charge in [0, 0.05) is 43.9 Å². The van der Waals surface area contributed by atoms with Gasteiger partial charge in [-0.3, -0.25) is 4.79 Å². The predicted octanol–water partition coefficient (Wildman–Crippen LogP) is 1.52. The highest BCUT2D eigenvalue weighted by Crippen LogP contribution is 2.19. The molecule has 0 unspecified atom stereocenters. The topological polar surface area (TPSA) is 66.6 Å². The molecule has 0 radical (unpaired) electrons. The van der Waals surface area contributed by atoms with Crippen molar-refractivity contribution in [1.29, 1.82) is 0 Å². The molecule has 1 saturated heterocycles. The quantitative estimate of drug-likeness (QED) is 0.855. The molecule has 1 aliphatic heterocycles. The number of carbonyl (C=O) groups is 1. The van der Waals surface area contributed by atoms with Crippen LogP contribution in [0, 0.1) is 12.8 Å². The van der Waals surface area contributed by atoms with Gasteiger partial charge in [0.1, 0.15) is 12.1 Å². The lowest BCUT2D eigenvalue weighted by atomic mass is 10.0. The van der Waals surface area contributed by atoms with E-state index in [0.29, 0.717) is 11.7 Å². The molecule has 2 aromatic rings. The Kier molecular flexibility index (Phi) is 4.45. The van der Waals surface area contributed by atoms with E-state index < -0.39 is 0 Å². The maximum Gasteiger partial charge on any atom is 0.254 e. The summed E-state index contributed by atoms with van der Waals surface area (Å²) >= 11 is 0. The molecule has 1 aliphatic rings. The van der Waals surface area contributed by atoms with E-state index in [4.69, 9.17) is 0 Å². The Labute approximate surface area is 136 Å². The highest BCUT2D eigenvalue weighted by molar-refractivity contribution is 5.79. The second-order valence-electron chi connectivity index (χ2n) is 6.05. The van der Waals surface area contributed by atoms with Crippen LogP contribution in [0.5, 0.6) is 0 Å². The molecule has 7 heteroatoms. The van der Waals surface area contributed by atoms with Gasteiger partial charge in [-0.2, -0.15) is 14.6 Å². The highest BCUT2D eigenvalue weighted by Gasteiger charge is 2.26. The Morgan fingerprint density at radius 2 is 1.91 bits per heavy atom. The van der Waals surface area contributed by atoms with Crippen molar-refractivity contribution in [3.8, 4) is 0 Å². The maximum atomic E-state index is 12.5. The summed E-state index contributed by atoms with van der Waals surface area (Å²) in [5.41, 5.74) is 0.927. The molecule has 0 spiro atoms. The molecule has 7 nitrogen and oxygen atoms in total. The summed E-state index contributed by atoms with van der Waals surface area (Å²) < 4.78 is 1.77. The molecule has 3 rings (SSSR count). The number of hydrogen-bond acceptors (Lipinski definition) is 5. The van der Waals surface area contributed by atoms with Gasteiger partial charge in [0.2, 0.25) is 5.91 Å². The van der Waals surface area contributed by atoms with Crippen LogP contribution in [0.25, 0.3) is 5.78 Å². The van der Waals surface area contributed by atoms with Crippen LogP contribution in [-0.4, -0.2) is 56.6 Å². The van der Waals surface area contributed by atoms with Gasteiger partial charge in [0.25, 0.3) is 5.78 Å². The van der Waals surface area contributed by atoms with Gasteiger partial charge in [0.05, 0.1) is 0 Å². The number of anilines is 1. The smallest absolute Gasteiger partial charge is 0.254 e. The predicted molar refractivity (Wildman–Crippen MR) is 88.4 cm³/mol. The minimum atomic E-state index is 0.159. The summed E-state index contributed by atoms with van der Waals surface area (Å²) in [7, 11) is 0. The second kappa shape index (κ2) is 6.52. The zero-order chi connectivity index (χ0) is 16.4. The molecule has 2 aromatic heterocycles. The van der Waals surface area contributed by atoms with Gasteiger partial charge in [0.15, 0.2) is 0 Å². The lowest BCUT2D eigenvalue weighted by Crippen LogP contribution is -2.50. The van der Waals surface area contributed by atoms with E-state index in [1.54, 1.807) is 4.52 Å². The van der Waals surface area contributed by atoms with Crippen molar-refractivity contribution in [1.82, 2.24) is 24.5 Å². The Bertz CT molecular complexity index is 685. The van der Waals surface area contributed by atoms with Crippen LogP contribution in [0.1, 0.15) is 32.4 Å². The highest BCUT2D eigenvalue weighted by atomic mass is 16.2. The Morgan fingerprint density at radius 1 is 1.22 bits per heavy atom. The number of nitrogens with zero attached hydrogens (tertiary/aromatic N) is 6. The molecule has 0 N–H and O–H groups in total. The SMILES string of the molecule is CCC(CC)C(=O)N1CCN(c2cc(C)nc3ncnn23)CC1. The lowest BCUT2D eigenvalue weighted by molar-refractivity contribution is -0.136. The van der Waals surface area contributed by atoms with E-state index in [9.17, 15) is 4.79 Å². The maximum absolute atomic E-state index is 12.5. The Balaban J connectivity index is 1.73. The van der Waals surface area contributed by atoms with Crippen LogP contribution in [0.2, 0.25) is 0 Å². The fourth-order valence-corrected chi connectivity index (χ4v) is 3.19. The zero-order valence-corrected chi connectivity index (χ0v) is 14.1. The molecular formula is C16H24N6O. The fourth-order valence-electron chi connectivity index (χ4n) is 3.19. The van der Waals surface area contributed by atoms with Crippen molar-refractivity contribution in [3.05, 3.63) is 18.1 Å². The first kappa shape index (κ1) is 15.7. The average Bonchev–Trinajstić information content (AvgIpc) is 3.03. The van der Waals surface area contributed by atoms with Gasteiger partial charge >= 0.3 is 0 Å². The number of rotatable bonds is 4. The summed E-state index contributed by atoms with van der Waals surface area (Å²) in [6, 6.07) is 2.03. The normalized spacial score (nSPS) is 15.7. The van der Waals surface area contributed by atoms with Crippen LogP contribution >= 0.6 is 0 Å². The molecular weight excluding hydrogens is 292 g/mol. The first-order chi connectivity index (χ1) is 11.1. The van der Waals surface area contributed by atoms with Crippen molar-refractivity contribution in [3.63, 3.8) is 0 Å². The number of carbonyl (C=O) groups excluding carboxylic acids is 1. The first-order valence-electron chi connectivity index (χ1n) is 8.35. The van der Waals surface area contributed by atoms with Crippen LogP contribution in [-0.2, 0) is 4.79 Å². The van der Waals surface area contributed by atoms with Gasteiger partial charge < -0.3 is 9.80 Å². The Hall–Kier alpha value is -2.18. The van der Waals surface area contributed by atoms with E-state index in [1.165, 1.54) is 6.33 Å². The van der Waals surface area contributed by atoms with Gasteiger partial charge in [-0.1, -0.05) is 13.8 Å². The van der Waals surface area contributed by atoms with E-state index in [2.05, 4.69) is 33.8 Å². The van der Waals surface area contributed by atoms with Crippen molar-refractivity contribution in [2.75, 3.05) is 31.1 Å². The molecule has 23 heavy (non-hydrogen) atoms. The molecule has 0 saturated carbocycles. The van der Waals surface area contributed by atoms with Crippen LogP contribution < -0.4 is 4.90 Å². The monoisotopic (exact) mass is 316 g/mol. The van der Waals surface area contributed by atoms with Crippen molar-refractivity contribution >= 4 is 17.5 Å². The molecule has 0 bridgehead atoms. The van der Waals surface area contributed by atoms with Gasteiger partial charge in [-0.15, -0.1) is 0 Å². The number of hydrogen-bond donors (Lipinski definition) is 0. The number of aromatic nitrogens is 4. The number of piperazine rings is 1.